The molecule has 1 saturated heterocycles. The van der Waals surface area contributed by atoms with Crippen LogP contribution in [0.3, 0.4) is 0 Å². The van der Waals surface area contributed by atoms with Crippen molar-refractivity contribution in [2.24, 2.45) is 0 Å². The van der Waals surface area contributed by atoms with Gasteiger partial charge in [-0.1, -0.05) is 12.1 Å². The van der Waals surface area contributed by atoms with Crippen molar-refractivity contribution in [2.45, 2.75) is 26.4 Å². The van der Waals surface area contributed by atoms with Crippen LogP contribution in [0.25, 0.3) is 11.0 Å². The first-order chi connectivity index (χ1) is 13.1. The lowest BCUT2D eigenvalue weighted by molar-refractivity contribution is 0.0793. The van der Waals surface area contributed by atoms with Crippen molar-refractivity contribution >= 4 is 16.9 Å². The van der Waals surface area contributed by atoms with Gasteiger partial charge in [-0.25, -0.2) is 4.79 Å². The predicted octanol–water partition coefficient (Wildman–Crippen LogP) is 3.92. The molecule has 0 unspecified atom stereocenters. The number of hydrogen-bond acceptors (Lipinski definition) is 4. The van der Waals surface area contributed by atoms with E-state index in [2.05, 4.69) is 0 Å². The van der Waals surface area contributed by atoms with Gasteiger partial charge in [0, 0.05) is 36.2 Å². The van der Waals surface area contributed by atoms with Crippen molar-refractivity contribution in [3.63, 3.8) is 0 Å². The number of carbonyl (C=O) groups excluding carboxylic acids is 1. The summed E-state index contributed by atoms with van der Waals surface area (Å²) >= 11 is 0. The molecule has 1 aliphatic rings. The van der Waals surface area contributed by atoms with Crippen molar-refractivity contribution in [1.82, 2.24) is 4.90 Å². The maximum absolute atomic E-state index is 12.4. The first-order valence-corrected chi connectivity index (χ1v) is 9.16. The number of rotatable bonds is 4. The molecular weight excluding hydrogens is 342 g/mol. The number of hydrogen-bond donors (Lipinski definition) is 0. The highest BCUT2D eigenvalue weighted by Gasteiger charge is 2.19. The molecule has 0 atom stereocenters. The fourth-order valence-electron chi connectivity index (χ4n) is 3.41. The molecule has 2 aromatic carbocycles. The van der Waals surface area contributed by atoms with Crippen LogP contribution in [0.5, 0.6) is 5.75 Å². The Morgan fingerprint density at radius 3 is 2.56 bits per heavy atom. The molecule has 27 heavy (non-hydrogen) atoms. The van der Waals surface area contributed by atoms with Gasteiger partial charge in [0.15, 0.2) is 0 Å². The largest absolute Gasteiger partial charge is 0.489 e. The molecule has 5 nitrogen and oxygen atoms in total. The number of likely N-dealkylation sites (tertiary alicyclic amines) is 1. The van der Waals surface area contributed by atoms with Crippen molar-refractivity contribution in [1.29, 1.82) is 0 Å². The standard InChI is InChI=1S/C22H21NO4/c1-15-12-21(24)27-20-13-18(8-9-19(15)20)26-14-16-4-6-17(7-5-16)22(25)23-10-2-3-11-23/h4-9,12-13H,2-3,10-11,14H2,1H3. The number of fused-ring (bicyclic) bond motifs is 1. The normalized spacial score (nSPS) is 13.9. The summed E-state index contributed by atoms with van der Waals surface area (Å²) in [7, 11) is 0. The molecule has 1 aliphatic heterocycles. The maximum atomic E-state index is 12.4. The van der Waals surface area contributed by atoms with Crippen LogP contribution in [0.1, 0.15) is 34.3 Å². The van der Waals surface area contributed by atoms with Crippen LogP contribution in [-0.2, 0) is 6.61 Å². The van der Waals surface area contributed by atoms with E-state index in [0.717, 1.165) is 42.4 Å². The first kappa shape index (κ1) is 17.3. The van der Waals surface area contributed by atoms with Crippen LogP contribution in [0, 0.1) is 6.92 Å². The SMILES string of the molecule is Cc1cc(=O)oc2cc(OCc3ccc(C(=O)N4CCCC4)cc3)ccc12. The van der Waals surface area contributed by atoms with Gasteiger partial charge in [-0.15, -0.1) is 0 Å². The molecule has 0 N–H and O–H groups in total. The summed E-state index contributed by atoms with van der Waals surface area (Å²) in [4.78, 5) is 25.8. The summed E-state index contributed by atoms with van der Waals surface area (Å²) in [6.07, 6.45) is 2.17. The second-order valence-corrected chi connectivity index (χ2v) is 6.89. The van der Waals surface area contributed by atoms with E-state index in [4.69, 9.17) is 9.15 Å². The first-order valence-electron chi connectivity index (χ1n) is 9.16. The summed E-state index contributed by atoms with van der Waals surface area (Å²) in [5.74, 6) is 0.730. The van der Waals surface area contributed by atoms with E-state index in [1.54, 1.807) is 6.07 Å². The van der Waals surface area contributed by atoms with Gasteiger partial charge in [0.1, 0.15) is 17.9 Å². The second kappa shape index (κ2) is 7.27. The third-order valence-corrected chi connectivity index (χ3v) is 4.92. The Labute approximate surface area is 157 Å². The van der Waals surface area contributed by atoms with E-state index in [-0.39, 0.29) is 11.5 Å². The van der Waals surface area contributed by atoms with E-state index in [1.165, 1.54) is 6.07 Å². The Morgan fingerprint density at radius 1 is 1.07 bits per heavy atom. The highest BCUT2D eigenvalue weighted by Crippen LogP contribution is 2.23. The Kier molecular flexibility index (Phi) is 4.67. The minimum atomic E-state index is -0.365. The highest BCUT2D eigenvalue weighted by atomic mass is 16.5. The molecule has 4 rings (SSSR count). The molecule has 0 saturated carbocycles. The molecule has 3 aromatic rings. The number of aryl methyl sites for hydroxylation is 1. The molecule has 138 valence electrons. The lowest BCUT2D eigenvalue weighted by Gasteiger charge is -2.15. The van der Waals surface area contributed by atoms with E-state index >= 15 is 0 Å². The third kappa shape index (κ3) is 3.72. The molecule has 0 spiro atoms. The summed E-state index contributed by atoms with van der Waals surface area (Å²) in [6, 6.07) is 14.5. The van der Waals surface area contributed by atoms with Crippen LogP contribution in [-0.4, -0.2) is 23.9 Å². The van der Waals surface area contributed by atoms with E-state index < -0.39 is 0 Å². The molecule has 5 heteroatoms. The van der Waals surface area contributed by atoms with Crippen molar-refractivity contribution in [3.05, 3.63) is 75.6 Å². The number of ether oxygens (including phenoxy) is 1. The fourth-order valence-corrected chi connectivity index (χ4v) is 3.41. The van der Waals surface area contributed by atoms with Gasteiger partial charge >= 0.3 is 5.63 Å². The lowest BCUT2D eigenvalue weighted by atomic mass is 10.1. The third-order valence-electron chi connectivity index (χ3n) is 4.92. The predicted molar refractivity (Wildman–Crippen MR) is 103 cm³/mol. The maximum Gasteiger partial charge on any atom is 0.336 e. The van der Waals surface area contributed by atoms with Gasteiger partial charge in [0.25, 0.3) is 5.91 Å². The van der Waals surface area contributed by atoms with E-state index in [9.17, 15) is 9.59 Å². The Hall–Kier alpha value is -3.08. The lowest BCUT2D eigenvalue weighted by Crippen LogP contribution is -2.27. The Bertz CT molecular complexity index is 1030. The quantitative estimate of drug-likeness (QED) is 0.659. The van der Waals surface area contributed by atoms with Gasteiger partial charge in [0.2, 0.25) is 0 Å². The fraction of sp³-hybridized carbons (Fsp3) is 0.273. The van der Waals surface area contributed by atoms with Gasteiger partial charge in [-0.2, -0.15) is 0 Å². The van der Waals surface area contributed by atoms with Gasteiger partial charge in [-0.3, -0.25) is 4.79 Å². The van der Waals surface area contributed by atoms with Crippen molar-refractivity contribution < 1.29 is 13.9 Å². The van der Waals surface area contributed by atoms with Crippen molar-refractivity contribution in [2.75, 3.05) is 13.1 Å². The van der Waals surface area contributed by atoms with Crippen LogP contribution < -0.4 is 10.4 Å². The number of carbonyl (C=O) groups is 1. The smallest absolute Gasteiger partial charge is 0.336 e. The summed E-state index contributed by atoms with van der Waals surface area (Å²) < 4.78 is 11.1. The Balaban J connectivity index is 1.44. The highest BCUT2D eigenvalue weighted by molar-refractivity contribution is 5.94. The topological polar surface area (TPSA) is 59.8 Å². The van der Waals surface area contributed by atoms with Crippen LogP contribution in [0.2, 0.25) is 0 Å². The number of nitrogens with zero attached hydrogens (tertiary/aromatic N) is 1. The minimum absolute atomic E-state index is 0.0971. The number of amides is 1. The zero-order chi connectivity index (χ0) is 18.8. The monoisotopic (exact) mass is 363 g/mol. The van der Waals surface area contributed by atoms with Crippen LogP contribution in [0.4, 0.5) is 0 Å². The van der Waals surface area contributed by atoms with Gasteiger partial charge in [0.05, 0.1) is 0 Å². The molecule has 1 aromatic heterocycles. The van der Waals surface area contributed by atoms with E-state index in [0.29, 0.717) is 23.5 Å². The average molecular weight is 363 g/mol. The van der Waals surface area contributed by atoms with Gasteiger partial charge < -0.3 is 14.1 Å². The summed E-state index contributed by atoms with van der Waals surface area (Å²) in [5.41, 5.74) is 2.72. The van der Waals surface area contributed by atoms with E-state index in [1.807, 2.05) is 48.2 Å². The minimum Gasteiger partial charge on any atom is -0.489 e. The molecule has 1 fully saturated rings. The number of benzene rings is 2. The van der Waals surface area contributed by atoms with Crippen LogP contribution >= 0.6 is 0 Å². The Morgan fingerprint density at radius 2 is 1.81 bits per heavy atom. The zero-order valence-electron chi connectivity index (χ0n) is 15.2. The average Bonchev–Trinajstić information content (AvgIpc) is 3.20. The molecule has 2 heterocycles. The molecule has 0 aliphatic carbocycles. The summed E-state index contributed by atoms with van der Waals surface area (Å²) in [5, 5.41) is 0.895. The molecule has 1 amide bonds. The van der Waals surface area contributed by atoms with Gasteiger partial charge in [-0.05, 0) is 55.2 Å². The molecule has 0 radical (unpaired) electrons. The molecule has 0 bridgehead atoms. The van der Waals surface area contributed by atoms with Crippen molar-refractivity contribution in [3.8, 4) is 5.75 Å². The zero-order valence-corrected chi connectivity index (χ0v) is 15.2. The second-order valence-electron chi connectivity index (χ2n) is 6.89. The molecular formula is C22H21NO4. The van der Waals surface area contributed by atoms with Crippen LogP contribution in [0.15, 0.2) is 57.7 Å². The summed E-state index contributed by atoms with van der Waals surface area (Å²) in [6.45, 7) is 3.95.